The molecule has 0 saturated heterocycles. The maximum atomic E-state index is 9.00. The van der Waals surface area contributed by atoms with Crippen LogP contribution in [0.1, 0.15) is 174 Å². The summed E-state index contributed by atoms with van der Waals surface area (Å²) in [6.07, 6.45) is 33.9. The average molecular weight is 684 g/mol. The molecule has 3 aliphatic rings. The summed E-state index contributed by atoms with van der Waals surface area (Å²) in [5.74, 6) is 0.440. The van der Waals surface area contributed by atoms with Gasteiger partial charge < -0.3 is 4.85 Å². The smallest absolute Gasteiger partial charge is 0.233 e. The van der Waals surface area contributed by atoms with Gasteiger partial charge in [0.2, 0.25) is 5.54 Å². The molecule has 5 heteroatoms. The van der Waals surface area contributed by atoms with Gasteiger partial charge in [0.15, 0.2) is 0 Å². The van der Waals surface area contributed by atoms with Crippen molar-refractivity contribution in [1.29, 1.82) is 10.5 Å². The molecule has 0 aromatic carbocycles. The van der Waals surface area contributed by atoms with Crippen molar-refractivity contribution in [2.45, 2.75) is 180 Å². The molecule has 0 N–H and O–H groups in total. The second kappa shape index (κ2) is 26.1. The molecule has 230 valence electrons. The van der Waals surface area contributed by atoms with Crippen LogP contribution in [0.15, 0.2) is 0 Å². The average Bonchev–Trinajstić information content (AvgIpc) is 3.84. The summed E-state index contributed by atoms with van der Waals surface area (Å²) >= 11 is 6.91. The zero-order valence-corrected chi connectivity index (χ0v) is 28.1. The largest absolute Gasteiger partial charge is 0.310 e. The van der Waals surface area contributed by atoms with Crippen molar-refractivity contribution in [3.8, 4) is 12.1 Å². The predicted molar refractivity (Wildman–Crippen MR) is 181 cm³/mol. The summed E-state index contributed by atoms with van der Waals surface area (Å²) in [5, 5.41) is 19.3. The number of hydrogen-bond donors (Lipinski definition) is 0. The molecule has 0 atom stereocenters. The van der Waals surface area contributed by atoms with Crippen molar-refractivity contribution in [3.05, 3.63) is 11.4 Å². The number of hydrogen-bond acceptors (Lipinski definition) is 2. The van der Waals surface area contributed by atoms with Crippen LogP contribution in [-0.2, 0) is 0 Å². The SMILES string of the molecule is BrCCCCCCCCCCCBr.C.N#CC1CC1.[C-]#[N+]C1(CCCCCCCCCCCC2(C#N)CC2)CC1. The molecular weight excluding hydrogens is 622 g/mol. The van der Waals surface area contributed by atoms with Crippen molar-refractivity contribution >= 4 is 31.9 Å². The van der Waals surface area contributed by atoms with Gasteiger partial charge in [0.1, 0.15) is 0 Å². The predicted octanol–water partition coefficient (Wildman–Crippen LogP) is 12.9. The molecule has 0 amide bonds. The van der Waals surface area contributed by atoms with Crippen molar-refractivity contribution in [2.75, 3.05) is 10.7 Å². The van der Waals surface area contributed by atoms with Crippen LogP contribution in [0.5, 0.6) is 0 Å². The van der Waals surface area contributed by atoms with Gasteiger partial charge in [-0.15, -0.1) is 0 Å². The van der Waals surface area contributed by atoms with E-state index in [9.17, 15) is 0 Å². The third-order valence-corrected chi connectivity index (χ3v) is 9.60. The van der Waals surface area contributed by atoms with E-state index in [-0.39, 0.29) is 18.4 Å². The highest BCUT2D eigenvalue weighted by Gasteiger charge is 2.49. The number of nitriles is 2. The Bertz CT molecular complexity index is 658. The molecular formula is C35H61Br2N3. The zero-order chi connectivity index (χ0) is 28.5. The van der Waals surface area contributed by atoms with E-state index in [0.29, 0.717) is 5.92 Å². The van der Waals surface area contributed by atoms with Crippen LogP contribution in [0, 0.1) is 40.6 Å². The summed E-state index contributed by atoms with van der Waals surface area (Å²) in [5.41, 5.74) is 0.215. The molecule has 0 bridgehead atoms. The van der Waals surface area contributed by atoms with Gasteiger partial charge >= 0.3 is 0 Å². The Morgan fingerprint density at radius 1 is 0.600 bits per heavy atom. The van der Waals surface area contributed by atoms with E-state index in [1.54, 1.807) is 0 Å². The van der Waals surface area contributed by atoms with E-state index >= 15 is 0 Å². The first kappa shape index (κ1) is 39.4. The molecule has 0 aliphatic heterocycles. The molecule has 3 rings (SSSR count). The maximum Gasteiger partial charge on any atom is 0.233 e. The topological polar surface area (TPSA) is 51.9 Å². The normalized spacial score (nSPS) is 16.9. The fourth-order valence-corrected chi connectivity index (χ4v) is 5.72. The quantitative estimate of drug-likeness (QED) is 0.0648. The molecule has 0 aromatic heterocycles. The minimum Gasteiger partial charge on any atom is -0.310 e. The summed E-state index contributed by atoms with van der Waals surface area (Å²) in [7, 11) is 0. The Balaban J connectivity index is 0.000000681. The van der Waals surface area contributed by atoms with E-state index in [4.69, 9.17) is 17.1 Å². The van der Waals surface area contributed by atoms with Gasteiger partial charge in [-0.3, -0.25) is 0 Å². The second-order valence-electron chi connectivity index (χ2n) is 12.4. The van der Waals surface area contributed by atoms with Gasteiger partial charge in [0.25, 0.3) is 0 Å². The molecule has 3 saturated carbocycles. The first-order chi connectivity index (χ1) is 19.1. The lowest BCUT2D eigenvalue weighted by Crippen LogP contribution is -2.00. The minimum absolute atomic E-state index is 0. The highest BCUT2D eigenvalue weighted by Crippen LogP contribution is 2.49. The van der Waals surface area contributed by atoms with E-state index in [2.05, 4.69) is 48.8 Å². The van der Waals surface area contributed by atoms with Crippen LogP contribution in [0.4, 0.5) is 0 Å². The van der Waals surface area contributed by atoms with E-state index in [1.165, 1.54) is 126 Å². The molecule has 0 unspecified atom stereocenters. The maximum absolute atomic E-state index is 9.00. The lowest BCUT2D eigenvalue weighted by molar-refractivity contribution is 0.504. The van der Waals surface area contributed by atoms with Crippen LogP contribution in [-0.4, -0.2) is 16.2 Å². The van der Waals surface area contributed by atoms with Crippen LogP contribution < -0.4 is 0 Å². The molecule has 40 heavy (non-hydrogen) atoms. The van der Waals surface area contributed by atoms with E-state index in [0.717, 1.165) is 51.4 Å². The van der Waals surface area contributed by atoms with E-state index in [1.807, 2.05) is 0 Å². The van der Waals surface area contributed by atoms with E-state index < -0.39 is 0 Å². The third kappa shape index (κ3) is 23.0. The van der Waals surface area contributed by atoms with Crippen molar-refractivity contribution in [1.82, 2.24) is 0 Å². The summed E-state index contributed by atoms with van der Waals surface area (Å²) < 4.78 is 0. The minimum atomic E-state index is 0. The molecule has 3 nitrogen and oxygen atoms in total. The first-order valence-electron chi connectivity index (χ1n) is 16.4. The van der Waals surface area contributed by atoms with Crippen LogP contribution in [0.3, 0.4) is 0 Å². The summed E-state index contributed by atoms with van der Waals surface area (Å²) in [4.78, 5) is 3.76. The molecule has 3 aliphatic carbocycles. The Labute approximate surface area is 266 Å². The summed E-state index contributed by atoms with van der Waals surface area (Å²) in [6.45, 7) is 7.16. The fraction of sp³-hybridized carbons (Fsp3) is 0.914. The van der Waals surface area contributed by atoms with Crippen LogP contribution >= 0.6 is 31.9 Å². The zero-order valence-electron chi connectivity index (χ0n) is 25.0. The Morgan fingerprint density at radius 3 is 1.23 bits per heavy atom. The van der Waals surface area contributed by atoms with Crippen molar-refractivity contribution in [3.63, 3.8) is 0 Å². The third-order valence-electron chi connectivity index (χ3n) is 8.48. The van der Waals surface area contributed by atoms with Crippen LogP contribution in [0.2, 0.25) is 0 Å². The van der Waals surface area contributed by atoms with Crippen molar-refractivity contribution < 1.29 is 0 Å². The molecule has 0 heterocycles. The van der Waals surface area contributed by atoms with Gasteiger partial charge in [-0.25, -0.2) is 6.57 Å². The monoisotopic (exact) mass is 681 g/mol. The number of unbranched alkanes of at least 4 members (excludes halogenated alkanes) is 16. The Hall–Kier alpha value is -0.570. The number of alkyl halides is 2. The molecule has 3 fully saturated rings. The lowest BCUT2D eigenvalue weighted by Gasteiger charge is -2.05. The van der Waals surface area contributed by atoms with Gasteiger partial charge in [-0.2, -0.15) is 10.5 Å². The highest BCUT2D eigenvalue weighted by atomic mass is 79.9. The standard InChI is InChI=1S/C19H30N2.C11H22Br2.C4H5N.CH4/c1-21-19(15-16-19)12-10-8-6-4-2-3-5-7-9-11-18(17-20)13-14-18;12-10-8-6-4-2-1-3-5-7-9-11-13;5-3-4-1-2-4;/h2-16H2;1-11H2;4H,1-2H2;1H4. The Kier molecular flexibility index (Phi) is 25.7. The first-order valence-corrected chi connectivity index (χ1v) is 18.6. The summed E-state index contributed by atoms with van der Waals surface area (Å²) in [6, 6.07) is 4.62. The Morgan fingerprint density at radius 2 is 0.975 bits per heavy atom. The second-order valence-corrected chi connectivity index (χ2v) is 14.0. The van der Waals surface area contributed by atoms with Crippen LogP contribution in [0.25, 0.3) is 4.85 Å². The molecule has 0 spiro atoms. The van der Waals surface area contributed by atoms with Gasteiger partial charge in [-0.1, -0.05) is 136 Å². The highest BCUT2D eigenvalue weighted by molar-refractivity contribution is 9.09. The number of rotatable bonds is 22. The van der Waals surface area contributed by atoms with Gasteiger partial charge in [0.05, 0.1) is 17.6 Å². The number of halogens is 2. The number of nitrogens with zero attached hydrogens (tertiary/aromatic N) is 3. The van der Waals surface area contributed by atoms with Gasteiger partial charge in [0, 0.05) is 35.8 Å². The molecule has 0 radical (unpaired) electrons. The van der Waals surface area contributed by atoms with Gasteiger partial charge in [-0.05, 0) is 51.4 Å². The van der Waals surface area contributed by atoms with Crippen molar-refractivity contribution in [2.24, 2.45) is 11.3 Å². The lowest BCUT2D eigenvalue weighted by atomic mass is 9.99. The fourth-order valence-electron chi connectivity index (χ4n) is 4.92. The molecule has 0 aromatic rings.